The first-order chi connectivity index (χ1) is 24.3. The molecule has 0 atom stereocenters. The first-order valence-electron chi connectivity index (χ1n) is 16.9. The van der Waals surface area contributed by atoms with Crippen LogP contribution in [-0.4, -0.2) is 0 Å². The molecule has 0 aromatic heterocycles. The van der Waals surface area contributed by atoms with Crippen molar-refractivity contribution in [3.05, 3.63) is 200 Å². The van der Waals surface area contributed by atoms with E-state index in [-0.39, 0.29) is 0 Å². The Bertz CT molecular complexity index is 2530. The second kappa shape index (κ2) is 12.3. The summed E-state index contributed by atoms with van der Waals surface area (Å²) in [4.78, 5) is 2.40. The lowest BCUT2D eigenvalue weighted by molar-refractivity contribution is 1.29. The van der Waals surface area contributed by atoms with Gasteiger partial charge < -0.3 is 4.90 Å². The molecule has 0 spiro atoms. The molecular weight excluding hydrogens is 591 g/mol. The molecule has 9 aromatic rings. The van der Waals surface area contributed by atoms with E-state index in [1.165, 1.54) is 65.7 Å². The Morgan fingerprint density at radius 3 is 1.45 bits per heavy atom. The van der Waals surface area contributed by atoms with Gasteiger partial charge in [-0.1, -0.05) is 158 Å². The number of benzene rings is 9. The normalized spacial score (nSPS) is 11.3. The molecule has 0 heterocycles. The molecule has 0 saturated heterocycles. The Morgan fingerprint density at radius 1 is 0.286 bits per heavy atom. The molecule has 1 nitrogen and oxygen atoms in total. The van der Waals surface area contributed by atoms with Crippen LogP contribution in [0.1, 0.15) is 0 Å². The standard InChI is InChI=1S/C48H33N/c1-5-17-34(18-6-1)45-33-47(49(38-22-9-3-10-23-38)39-24-11-4-12-25-39)48(35-19-7-2-8-20-35)43-30-29-37(32-46(43)45)44-31-36-21-13-14-26-40(36)41-27-15-16-28-42(41)44/h1-33H. The van der Waals surface area contributed by atoms with Gasteiger partial charge in [-0.3, -0.25) is 0 Å². The van der Waals surface area contributed by atoms with Gasteiger partial charge in [0.05, 0.1) is 5.69 Å². The van der Waals surface area contributed by atoms with Gasteiger partial charge in [-0.15, -0.1) is 0 Å². The van der Waals surface area contributed by atoms with Crippen molar-refractivity contribution in [1.82, 2.24) is 0 Å². The number of anilines is 3. The predicted molar refractivity (Wildman–Crippen MR) is 210 cm³/mol. The molecule has 0 radical (unpaired) electrons. The van der Waals surface area contributed by atoms with Crippen molar-refractivity contribution in [1.29, 1.82) is 0 Å². The quantitative estimate of drug-likeness (QED) is 0.167. The lowest BCUT2D eigenvalue weighted by Crippen LogP contribution is -2.11. The number of hydrogen-bond acceptors (Lipinski definition) is 1. The molecular formula is C48H33N. The first kappa shape index (κ1) is 28.8. The zero-order valence-corrected chi connectivity index (χ0v) is 27.0. The third-order valence-corrected chi connectivity index (χ3v) is 9.61. The number of nitrogens with zero attached hydrogens (tertiary/aromatic N) is 1. The van der Waals surface area contributed by atoms with E-state index in [0.29, 0.717) is 0 Å². The van der Waals surface area contributed by atoms with E-state index in [0.717, 1.165) is 17.1 Å². The van der Waals surface area contributed by atoms with Gasteiger partial charge in [-0.25, -0.2) is 0 Å². The fraction of sp³-hybridized carbons (Fsp3) is 0. The summed E-state index contributed by atoms with van der Waals surface area (Å²) in [6.45, 7) is 0. The average Bonchev–Trinajstić information content (AvgIpc) is 3.18. The molecule has 0 aliphatic heterocycles. The highest BCUT2D eigenvalue weighted by Gasteiger charge is 2.22. The summed E-state index contributed by atoms with van der Waals surface area (Å²) in [6, 6.07) is 72.5. The molecule has 49 heavy (non-hydrogen) atoms. The van der Waals surface area contributed by atoms with Crippen LogP contribution in [-0.2, 0) is 0 Å². The highest BCUT2D eigenvalue weighted by atomic mass is 15.1. The van der Waals surface area contributed by atoms with E-state index in [9.17, 15) is 0 Å². The first-order valence-corrected chi connectivity index (χ1v) is 16.9. The minimum absolute atomic E-state index is 1.11. The monoisotopic (exact) mass is 623 g/mol. The lowest BCUT2D eigenvalue weighted by atomic mass is 9.87. The van der Waals surface area contributed by atoms with E-state index < -0.39 is 0 Å². The third-order valence-electron chi connectivity index (χ3n) is 9.61. The fourth-order valence-corrected chi connectivity index (χ4v) is 7.39. The molecule has 0 fully saturated rings. The molecule has 0 aliphatic carbocycles. The summed E-state index contributed by atoms with van der Waals surface area (Å²) in [7, 11) is 0. The van der Waals surface area contributed by atoms with Crippen LogP contribution in [0.4, 0.5) is 17.1 Å². The summed E-state index contributed by atoms with van der Waals surface area (Å²) in [5.74, 6) is 0. The van der Waals surface area contributed by atoms with Crippen molar-refractivity contribution in [3.8, 4) is 33.4 Å². The molecule has 9 rings (SSSR count). The highest BCUT2D eigenvalue weighted by molar-refractivity contribution is 6.16. The smallest absolute Gasteiger partial charge is 0.0552 e. The van der Waals surface area contributed by atoms with Gasteiger partial charge in [-0.05, 0) is 103 Å². The Hall–Kier alpha value is -6.44. The van der Waals surface area contributed by atoms with Gasteiger partial charge in [0.25, 0.3) is 0 Å². The number of rotatable bonds is 6. The van der Waals surface area contributed by atoms with E-state index in [1.54, 1.807) is 0 Å². The second-order valence-corrected chi connectivity index (χ2v) is 12.5. The van der Waals surface area contributed by atoms with E-state index in [1.807, 2.05) is 0 Å². The number of para-hydroxylation sites is 2. The van der Waals surface area contributed by atoms with Crippen molar-refractivity contribution >= 4 is 49.4 Å². The van der Waals surface area contributed by atoms with Crippen LogP contribution in [0.5, 0.6) is 0 Å². The molecule has 0 bridgehead atoms. The maximum atomic E-state index is 2.42. The fourth-order valence-electron chi connectivity index (χ4n) is 7.39. The topological polar surface area (TPSA) is 3.24 Å². The van der Waals surface area contributed by atoms with Crippen LogP contribution in [0, 0.1) is 0 Å². The van der Waals surface area contributed by atoms with Crippen molar-refractivity contribution in [3.63, 3.8) is 0 Å². The van der Waals surface area contributed by atoms with E-state index in [4.69, 9.17) is 0 Å². The summed E-state index contributed by atoms with van der Waals surface area (Å²) in [6.07, 6.45) is 0. The minimum atomic E-state index is 1.11. The molecule has 0 unspecified atom stereocenters. The lowest BCUT2D eigenvalue weighted by Gasteiger charge is -2.30. The molecule has 9 aromatic carbocycles. The van der Waals surface area contributed by atoms with Gasteiger partial charge in [-0.2, -0.15) is 0 Å². The van der Waals surface area contributed by atoms with Gasteiger partial charge in [0, 0.05) is 16.9 Å². The molecule has 0 saturated carbocycles. The Kier molecular flexibility index (Phi) is 7.22. The van der Waals surface area contributed by atoms with Gasteiger partial charge >= 0.3 is 0 Å². The summed E-state index contributed by atoms with van der Waals surface area (Å²) in [5.41, 5.74) is 10.6. The van der Waals surface area contributed by atoms with Crippen LogP contribution in [0.3, 0.4) is 0 Å². The minimum Gasteiger partial charge on any atom is -0.310 e. The molecule has 0 aliphatic rings. The largest absolute Gasteiger partial charge is 0.310 e. The Balaban J connectivity index is 1.40. The van der Waals surface area contributed by atoms with Crippen LogP contribution < -0.4 is 4.90 Å². The summed E-state index contributed by atoms with van der Waals surface area (Å²) in [5, 5.41) is 7.52. The maximum Gasteiger partial charge on any atom is 0.0552 e. The molecule has 1 heteroatoms. The van der Waals surface area contributed by atoms with Crippen LogP contribution >= 0.6 is 0 Å². The summed E-state index contributed by atoms with van der Waals surface area (Å²) < 4.78 is 0. The highest BCUT2D eigenvalue weighted by Crippen LogP contribution is 2.48. The zero-order chi connectivity index (χ0) is 32.6. The predicted octanol–water partition coefficient (Wildman–Crippen LogP) is 13.6. The van der Waals surface area contributed by atoms with Crippen LogP contribution in [0.2, 0.25) is 0 Å². The maximum absolute atomic E-state index is 2.42. The van der Waals surface area contributed by atoms with Crippen molar-refractivity contribution < 1.29 is 0 Å². The van der Waals surface area contributed by atoms with Crippen molar-refractivity contribution in [2.75, 3.05) is 4.90 Å². The number of hydrogen-bond donors (Lipinski definition) is 0. The summed E-state index contributed by atoms with van der Waals surface area (Å²) >= 11 is 0. The Morgan fingerprint density at radius 2 is 0.796 bits per heavy atom. The third kappa shape index (κ3) is 5.13. The van der Waals surface area contributed by atoms with Crippen LogP contribution in [0.15, 0.2) is 200 Å². The average molecular weight is 624 g/mol. The van der Waals surface area contributed by atoms with Gasteiger partial charge in [0.2, 0.25) is 0 Å². The molecule has 230 valence electrons. The van der Waals surface area contributed by atoms with E-state index in [2.05, 4.69) is 205 Å². The van der Waals surface area contributed by atoms with Gasteiger partial charge in [0.1, 0.15) is 0 Å². The van der Waals surface area contributed by atoms with Crippen molar-refractivity contribution in [2.24, 2.45) is 0 Å². The number of fused-ring (bicyclic) bond motifs is 4. The second-order valence-electron chi connectivity index (χ2n) is 12.5. The Labute approximate surface area is 287 Å². The van der Waals surface area contributed by atoms with Crippen LogP contribution in [0.25, 0.3) is 65.7 Å². The molecule has 0 N–H and O–H groups in total. The zero-order valence-electron chi connectivity index (χ0n) is 27.0. The van der Waals surface area contributed by atoms with E-state index >= 15 is 0 Å². The van der Waals surface area contributed by atoms with Gasteiger partial charge in [0.15, 0.2) is 0 Å². The van der Waals surface area contributed by atoms with Crippen molar-refractivity contribution in [2.45, 2.75) is 0 Å². The molecule has 0 amide bonds. The SMILES string of the molecule is c1ccc(-c2cc(N(c3ccccc3)c3ccccc3)c(-c3ccccc3)c3ccc(-c4cc5ccccc5c5ccccc45)cc23)cc1.